The smallest absolute Gasteiger partial charge is 0.228 e. The van der Waals surface area contributed by atoms with Crippen LogP contribution in [-0.2, 0) is 4.79 Å². The minimum Gasteiger partial charge on any atom is -0.497 e. The zero-order valence-electron chi connectivity index (χ0n) is 15.9. The van der Waals surface area contributed by atoms with Gasteiger partial charge in [0.05, 0.1) is 7.11 Å². The first-order valence-electron chi connectivity index (χ1n) is 9.60. The molecule has 2 aromatic heterocycles. The lowest BCUT2D eigenvalue weighted by Gasteiger charge is -2.21. The number of fused-ring (bicyclic) bond motifs is 1. The fraction of sp³-hybridized carbons (Fsp3) is 0.364. The third-order valence-corrected chi connectivity index (χ3v) is 5.36. The number of imidazole rings is 1. The van der Waals surface area contributed by atoms with E-state index in [2.05, 4.69) is 5.32 Å². The van der Waals surface area contributed by atoms with Gasteiger partial charge in [-0.05, 0) is 61.7 Å². The zero-order valence-corrected chi connectivity index (χ0v) is 15.9. The Balaban J connectivity index is 1.75. The third kappa shape index (κ3) is 3.54. The predicted molar refractivity (Wildman–Crippen MR) is 107 cm³/mol. The molecule has 1 N–H and O–H groups in total. The van der Waals surface area contributed by atoms with E-state index in [4.69, 9.17) is 9.72 Å². The molecule has 27 heavy (non-hydrogen) atoms. The maximum absolute atomic E-state index is 12.9. The number of hydrogen-bond acceptors (Lipinski definition) is 3. The summed E-state index contributed by atoms with van der Waals surface area (Å²) in [6, 6.07) is 11.8. The molecule has 0 saturated heterocycles. The highest BCUT2D eigenvalue weighted by Gasteiger charge is 2.24. The van der Waals surface area contributed by atoms with Crippen LogP contribution in [0.3, 0.4) is 0 Å². The molecule has 4 rings (SSSR count). The predicted octanol–water partition coefficient (Wildman–Crippen LogP) is 4.84. The summed E-state index contributed by atoms with van der Waals surface area (Å²) in [4.78, 5) is 17.7. The maximum atomic E-state index is 12.9. The summed E-state index contributed by atoms with van der Waals surface area (Å²) < 4.78 is 7.22. The number of nitrogens with one attached hydrogen (secondary N) is 1. The molecule has 0 aliphatic heterocycles. The van der Waals surface area contributed by atoms with Gasteiger partial charge in [0.15, 0.2) is 0 Å². The Hall–Kier alpha value is -2.82. The molecule has 1 aliphatic carbocycles. The highest BCUT2D eigenvalue weighted by molar-refractivity contribution is 5.96. The van der Waals surface area contributed by atoms with Crippen molar-refractivity contribution in [1.29, 1.82) is 0 Å². The molecule has 2 heterocycles. The molecule has 1 amide bonds. The highest BCUT2D eigenvalue weighted by Crippen LogP contribution is 2.32. The fourth-order valence-corrected chi connectivity index (χ4v) is 3.80. The molecule has 1 fully saturated rings. The van der Waals surface area contributed by atoms with E-state index >= 15 is 0 Å². The monoisotopic (exact) mass is 363 g/mol. The van der Waals surface area contributed by atoms with Gasteiger partial charge in [0, 0.05) is 17.7 Å². The molecule has 0 bridgehead atoms. The first kappa shape index (κ1) is 17.6. The quantitative estimate of drug-likeness (QED) is 0.722. The standard InChI is InChI=1S/C22H25N3O2/c1-15-12-13-25-19(14-15)23-20(16-8-10-18(27-2)11-9-16)21(25)24-22(26)17-6-4-3-5-7-17/h8-14,17H,3-7H2,1-2H3,(H,24,26). The molecule has 1 saturated carbocycles. The van der Waals surface area contributed by atoms with Gasteiger partial charge in [-0.25, -0.2) is 4.98 Å². The van der Waals surface area contributed by atoms with Gasteiger partial charge in [-0.2, -0.15) is 0 Å². The van der Waals surface area contributed by atoms with Crippen LogP contribution in [0.5, 0.6) is 5.75 Å². The summed E-state index contributed by atoms with van der Waals surface area (Å²) in [5, 5.41) is 3.18. The first-order valence-corrected chi connectivity index (χ1v) is 9.60. The first-order chi connectivity index (χ1) is 13.2. The topological polar surface area (TPSA) is 55.6 Å². The number of methoxy groups -OCH3 is 1. The number of aromatic nitrogens is 2. The minimum absolute atomic E-state index is 0.0958. The summed E-state index contributed by atoms with van der Waals surface area (Å²) in [5.74, 6) is 1.74. The van der Waals surface area contributed by atoms with Gasteiger partial charge in [0.25, 0.3) is 0 Å². The molecule has 0 radical (unpaired) electrons. The van der Waals surface area contributed by atoms with Crippen molar-refractivity contribution in [2.75, 3.05) is 12.4 Å². The van der Waals surface area contributed by atoms with Crippen molar-refractivity contribution in [3.63, 3.8) is 0 Å². The number of carbonyl (C=O) groups excluding carboxylic acids is 1. The van der Waals surface area contributed by atoms with Crippen molar-refractivity contribution >= 4 is 17.4 Å². The van der Waals surface area contributed by atoms with E-state index in [0.717, 1.165) is 59.7 Å². The van der Waals surface area contributed by atoms with E-state index in [-0.39, 0.29) is 11.8 Å². The van der Waals surface area contributed by atoms with Crippen molar-refractivity contribution in [2.24, 2.45) is 5.92 Å². The van der Waals surface area contributed by atoms with Gasteiger partial charge in [0.2, 0.25) is 5.91 Å². The van der Waals surface area contributed by atoms with E-state index in [1.54, 1.807) is 7.11 Å². The molecule has 5 nitrogen and oxygen atoms in total. The van der Waals surface area contributed by atoms with Gasteiger partial charge in [-0.15, -0.1) is 0 Å². The number of hydrogen-bond donors (Lipinski definition) is 1. The highest BCUT2D eigenvalue weighted by atomic mass is 16.5. The van der Waals surface area contributed by atoms with Gasteiger partial charge in [-0.1, -0.05) is 19.3 Å². The van der Waals surface area contributed by atoms with Crippen molar-refractivity contribution in [1.82, 2.24) is 9.38 Å². The molecule has 0 atom stereocenters. The van der Waals surface area contributed by atoms with E-state index in [0.29, 0.717) is 0 Å². The van der Waals surface area contributed by atoms with Gasteiger partial charge >= 0.3 is 0 Å². The zero-order chi connectivity index (χ0) is 18.8. The number of ether oxygens (including phenoxy) is 1. The molecule has 0 spiro atoms. The summed E-state index contributed by atoms with van der Waals surface area (Å²) in [5.41, 5.74) is 3.71. The Morgan fingerprint density at radius 2 is 1.89 bits per heavy atom. The lowest BCUT2D eigenvalue weighted by molar-refractivity contribution is -0.120. The summed E-state index contributed by atoms with van der Waals surface area (Å²) >= 11 is 0. The lowest BCUT2D eigenvalue weighted by Crippen LogP contribution is -2.25. The molecule has 3 aromatic rings. The Morgan fingerprint density at radius 3 is 2.59 bits per heavy atom. The third-order valence-electron chi connectivity index (χ3n) is 5.36. The van der Waals surface area contributed by atoms with E-state index in [9.17, 15) is 4.79 Å². The Labute approximate surface area is 159 Å². The number of pyridine rings is 1. The van der Waals surface area contributed by atoms with Gasteiger partial charge in [0.1, 0.15) is 22.9 Å². The van der Waals surface area contributed by atoms with Crippen LogP contribution in [0.1, 0.15) is 37.7 Å². The summed E-state index contributed by atoms with van der Waals surface area (Å²) in [7, 11) is 1.65. The number of anilines is 1. The molecule has 0 unspecified atom stereocenters. The van der Waals surface area contributed by atoms with Crippen LogP contribution in [0.15, 0.2) is 42.6 Å². The average molecular weight is 363 g/mol. The van der Waals surface area contributed by atoms with Gasteiger partial charge < -0.3 is 10.1 Å². The van der Waals surface area contributed by atoms with Crippen molar-refractivity contribution in [3.8, 4) is 17.0 Å². The fourth-order valence-electron chi connectivity index (χ4n) is 3.80. The SMILES string of the molecule is COc1ccc(-c2nc3cc(C)ccn3c2NC(=O)C2CCCCC2)cc1. The average Bonchev–Trinajstić information content (AvgIpc) is 3.06. The number of aryl methyl sites for hydroxylation is 1. The van der Waals surface area contributed by atoms with Crippen LogP contribution in [0, 0.1) is 12.8 Å². The molecular weight excluding hydrogens is 338 g/mol. The Kier molecular flexibility index (Phi) is 4.84. The molecule has 140 valence electrons. The summed E-state index contributed by atoms with van der Waals surface area (Å²) in [6.45, 7) is 2.04. The van der Waals surface area contributed by atoms with Crippen LogP contribution >= 0.6 is 0 Å². The van der Waals surface area contributed by atoms with E-state index in [1.807, 2.05) is 53.9 Å². The largest absolute Gasteiger partial charge is 0.497 e. The second kappa shape index (κ2) is 7.43. The van der Waals surface area contributed by atoms with Crippen molar-refractivity contribution in [3.05, 3.63) is 48.2 Å². The molecule has 1 aliphatic rings. The van der Waals surface area contributed by atoms with Crippen molar-refractivity contribution < 1.29 is 9.53 Å². The van der Waals surface area contributed by atoms with Crippen LogP contribution in [0.4, 0.5) is 5.82 Å². The number of rotatable bonds is 4. The molecule has 1 aromatic carbocycles. The Morgan fingerprint density at radius 1 is 1.15 bits per heavy atom. The maximum Gasteiger partial charge on any atom is 0.228 e. The van der Waals surface area contributed by atoms with E-state index < -0.39 is 0 Å². The lowest BCUT2D eigenvalue weighted by atomic mass is 9.88. The molecule has 5 heteroatoms. The number of benzene rings is 1. The van der Waals surface area contributed by atoms with E-state index in [1.165, 1.54) is 6.42 Å². The van der Waals surface area contributed by atoms with Crippen LogP contribution in [0.2, 0.25) is 0 Å². The van der Waals surface area contributed by atoms with Crippen LogP contribution in [-0.4, -0.2) is 22.4 Å². The minimum atomic E-state index is 0.0958. The van der Waals surface area contributed by atoms with Crippen LogP contribution in [0.25, 0.3) is 16.9 Å². The molecular formula is C22H25N3O2. The van der Waals surface area contributed by atoms with Gasteiger partial charge in [-0.3, -0.25) is 9.20 Å². The second-order valence-corrected chi connectivity index (χ2v) is 7.29. The normalized spacial score (nSPS) is 15.0. The Bertz CT molecular complexity index is 954. The second-order valence-electron chi connectivity index (χ2n) is 7.29. The number of carbonyl (C=O) groups is 1. The van der Waals surface area contributed by atoms with Crippen LogP contribution < -0.4 is 10.1 Å². The number of nitrogens with zero attached hydrogens (tertiary/aromatic N) is 2. The number of amides is 1. The summed E-state index contributed by atoms with van der Waals surface area (Å²) in [6.07, 6.45) is 7.42. The van der Waals surface area contributed by atoms with Crippen molar-refractivity contribution in [2.45, 2.75) is 39.0 Å².